The molecule has 74 valence electrons. The van der Waals surface area contributed by atoms with E-state index in [0.29, 0.717) is 0 Å². The lowest BCUT2D eigenvalue weighted by Gasteiger charge is -2.25. The van der Waals surface area contributed by atoms with E-state index in [0.717, 1.165) is 0 Å². The second-order valence-electron chi connectivity index (χ2n) is 4.21. The van der Waals surface area contributed by atoms with Gasteiger partial charge in [0.15, 0.2) is 0 Å². The second-order valence-corrected chi connectivity index (χ2v) is 4.21. The Kier molecular flexibility index (Phi) is 2.59. The van der Waals surface area contributed by atoms with Crippen LogP contribution in [0, 0.1) is 12.1 Å². The molecule has 0 heteroatoms. The number of hydrogen-bond acceptors (Lipinski definition) is 0. The van der Waals surface area contributed by atoms with Crippen LogP contribution in [0.15, 0.2) is 48.5 Å². The topological polar surface area (TPSA) is 0 Å². The average molecular weight is 194 g/mol. The molecule has 2 aromatic carbocycles. The summed E-state index contributed by atoms with van der Waals surface area (Å²) in [5.41, 5.74) is 2.63. The standard InChI is InChI=1S/C15H14/c1-15(2,13-9-5-3-6-10-13)14-11-7-4-8-12-14/h3,5-7,9-12H,1-2H3. The van der Waals surface area contributed by atoms with Crippen molar-refractivity contribution in [2.24, 2.45) is 0 Å². The van der Waals surface area contributed by atoms with E-state index in [1.165, 1.54) is 11.1 Å². The van der Waals surface area contributed by atoms with Crippen molar-refractivity contribution in [1.82, 2.24) is 0 Å². The molecule has 2 radical (unpaired) electrons. The van der Waals surface area contributed by atoms with Crippen LogP contribution in [0.2, 0.25) is 0 Å². The van der Waals surface area contributed by atoms with Crippen LogP contribution in [0.5, 0.6) is 0 Å². The molecule has 0 heterocycles. The maximum Gasteiger partial charge on any atom is 0.0146 e. The molecule has 0 bridgehead atoms. The summed E-state index contributed by atoms with van der Waals surface area (Å²) in [7, 11) is 0. The molecule has 0 atom stereocenters. The molecule has 0 aliphatic heterocycles. The zero-order chi connectivity index (χ0) is 10.7. The highest BCUT2D eigenvalue weighted by molar-refractivity contribution is 5.36. The van der Waals surface area contributed by atoms with Gasteiger partial charge in [0.1, 0.15) is 0 Å². The first-order chi connectivity index (χ1) is 7.21. The molecule has 15 heavy (non-hydrogen) atoms. The number of rotatable bonds is 2. The van der Waals surface area contributed by atoms with Crippen molar-refractivity contribution in [3.05, 3.63) is 71.8 Å². The zero-order valence-electron chi connectivity index (χ0n) is 9.12. The number of hydrogen-bond donors (Lipinski definition) is 0. The third kappa shape index (κ3) is 1.94. The predicted octanol–water partition coefficient (Wildman–Crippen LogP) is 3.61. The Morgan fingerprint density at radius 2 is 1.60 bits per heavy atom. The van der Waals surface area contributed by atoms with E-state index in [1.807, 2.05) is 18.2 Å². The van der Waals surface area contributed by atoms with Crippen LogP contribution < -0.4 is 0 Å². The van der Waals surface area contributed by atoms with Gasteiger partial charge in [-0.1, -0.05) is 56.3 Å². The summed E-state index contributed by atoms with van der Waals surface area (Å²) in [5, 5.41) is 0. The lowest BCUT2D eigenvalue weighted by molar-refractivity contribution is 0.640. The average Bonchev–Trinajstić information content (AvgIpc) is 2.31. The smallest absolute Gasteiger partial charge is 0.0146 e. The van der Waals surface area contributed by atoms with Crippen molar-refractivity contribution in [2.75, 3.05) is 0 Å². The molecule has 0 nitrogen and oxygen atoms in total. The fraction of sp³-hybridized carbons (Fsp3) is 0.200. The molecule has 0 saturated heterocycles. The fourth-order valence-corrected chi connectivity index (χ4v) is 1.76. The van der Waals surface area contributed by atoms with E-state index in [2.05, 4.69) is 56.3 Å². The quantitative estimate of drug-likeness (QED) is 0.685. The van der Waals surface area contributed by atoms with Crippen molar-refractivity contribution in [1.29, 1.82) is 0 Å². The molecule has 0 aliphatic rings. The van der Waals surface area contributed by atoms with Crippen LogP contribution in [-0.2, 0) is 5.41 Å². The van der Waals surface area contributed by atoms with Crippen molar-refractivity contribution >= 4 is 0 Å². The molecule has 0 aliphatic carbocycles. The summed E-state index contributed by atoms with van der Waals surface area (Å²) in [4.78, 5) is 0. The van der Waals surface area contributed by atoms with Crippen LogP contribution in [0.25, 0.3) is 0 Å². The Hall–Kier alpha value is -1.56. The summed E-state index contributed by atoms with van der Waals surface area (Å²) in [6.45, 7) is 4.46. The van der Waals surface area contributed by atoms with E-state index in [4.69, 9.17) is 0 Å². The molecule has 2 rings (SSSR count). The first-order valence-corrected chi connectivity index (χ1v) is 5.15. The van der Waals surface area contributed by atoms with Crippen molar-refractivity contribution in [2.45, 2.75) is 19.3 Å². The van der Waals surface area contributed by atoms with Crippen LogP contribution in [0.4, 0.5) is 0 Å². The van der Waals surface area contributed by atoms with Crippen molar-refractivity contribution in [3.63, 3.8) is 0 Å². The second kappa shape index (κ2) is 3.90. The van der Waals surface area contributed by atoms with Gasteiger partial charge in [-0.2, -0.15) is 0 Å². The highest BCUT2D eigenvalue weighted by atomic mass is 14.2. The molecular weight excluding hydrogens is 180 g/mol. The van der Waals surface area contributed by atoms with Crippen LogP contribution in [0.1, 0.15) is 25.0 Å². The van der Waals surface area contributed by atoms with Crippen molar-refractivity contribution < 1.29 is 0 Å². The minimum absolute atomic E-state index is 0.0346. The summed E-state index contributed by atoms with van der Waals surface area (Å²) in [6, 6.07) is 22.5. The summed E-state index contributed by atoms with van der Waals surface area (Å²) in [5.74, 6) is 0. The SMILES string of the molecule is CC(C)(c1c[c][c]cc1)c1ccccc1. The minimum atomic E-state index is 0.0346. The summed E-state index contributed by atoms with van der Waals surface area (Å²) >= 11 is 0. The maximum absolute atomic E-state index is 3.01. The van der Waals surface area contributed by atoms with Gasteiger partial charge in [-0.15, -0.1) is 0 Å². The van der Waals surface area contributed by atoms with Gasteiger partial charge in [0.2, 0.25) is 0 Å². The first-order valence-electron chi connectivity index (χ1n) is 5.15. The largest absolute Gasteiger partial charge is 0.0622 e. The van der Waals surface area contributed by atoms with Crippen LogP contribution in [0.3, 0.4) is 0 Å². The Labute approximate surface area is 91.6 Å². The molecule has 0 saturated carbocycles. The van der Waals surface area contributed by atoms with Gasteiger partial charge in [-0.05, 0) is 29.3 Å². The Balaban J connectivity index is 2.44. The van der Waals surface area contributed by atoms with Crippen molar-refractivity contribution in [3.8, 4) is 0 Å². The van der Waals surface area contributed by atoms with Gasteiger partial charge in [-0.25, -0.2) is 0 Å². The highest BCUT2D eigenvalue weighted by Gasteiger charge is 2.21. The molecule has 0 unspecified atom stereocenters. The van der Waals surface area contributed by atoms with Crippen LogP contribution in [-0.4, -0.2) is 0 Å². The minimum Gasteiger partial charge on any atom is -0.0622 e. The van der Waals surface area contributed by atoms with E-state index < -0.39 is 0 Å². The lowest BCUT2D eigenvalue weighted by atomic mass is 9.78. The monoisotopic (exact) mass is 194 g/mol. The van der Waals surface area contributed by atoms with E-state index in [9.17, 15) is 0 Å². The molecule has 0 N–H and O–H groups in total. The van der Waals surface area contributed by atoms with Gasteiger partial charge in [-0.3, -0.25) is 0 Å². The van der Waals surface area contributed by atoms with E-state index in [-0.39, 0.29) is 5.41 Å². The molecule has 0 amide bonds. The first kappa shape index (κ1) is 9.97. The lowest BCUT2D eigenvalue weighted by Crippen LogP contribution is -2.18. The molecule has 0 spiro atoms. The predicted molar refractivity (Wildman–Crippen MR) is 62.7 cm³/mol. The summed E-state index contributed by atoms with van der Waals surface area (Å²) < 4.78 is 0. The highest BCUT2D eigenvalue weighted by Crippen LogP contribution is 2.30. The normalized spacial score (nSPS) is 11.3. The zero-order valence-corrected chi connectivity index (χ0v) is 9.12. The van der Waals surface area contributed by atoms with Crippen LogP contribution >= 0.6 is 0 Å². The third-order valence-electron chi connectivity index (χ3n) is 2.87. The van der Waals surface area contributed by atoms with Gasteiger partial charge in [0, 0.05) is 5.41 Å². The Morgan fingerprint density at radius 3 is 2.20 bits per heavy atom. The van der Waals surface area contributed by atoms with Gasteiger partial charge in [0.25, 0.3) is 0 Å². The molecule has 0 fully saturated rings. The molecule has 2 aromatic rings. The third-order valence-corrected chi connectivity index (χ3v) is 2.87. The van der Waals surface area contributed by atoms with Gasteiger partial charge in [0.05, 0.1) is 0 Å². The fourth-order valence-electron chi connectivity index (χ4n) is 1.76. The van der Waals surface area contributed by atoms with E-state index >= 15 is 0 Å². The maximum atomic E-state index is 3.01. The van der Waals surface area contributed by atoms with E-state index in [1.54, 1.807) is 0 Å². The number of benzene rings is 2. The Morgan fingerprint density at radius 1 is 0.867 bits per heavy atom. The molecular formula is C15H14. The van der Waals surface area contributed by atoms with Gasteiger partial charge < -0.3 is 0 Å². The summed E-state index contributed by atoms with van der Waals surface area (Å²) in [6.07, 6.45) is 0. The van der Waals surface area contributed by atoms with Gasteiger partial charge >= 0.3 is 0 Å². The Bertz CT molecular complexity index is 371. The molecule has 0 aromatic heterocycles.